The van der Waals surface area contributed by atoms with Crippen LogP contribution in [0.2, 0.25) is 0 Å². The topological polar surface area (TPSA) is 161 Å². The summed E-state index contributed by atoms with van der Waals surface area (Å²) >= 11 is 0. The first-order valence-electron chi connectivity index (χ1n) is 14.2. The van der Waals surface area contributed by atoms with Crippen molar-refractivity contribution < 1.29 is 32.6 Å². The third kappa shape index (κ3) is 9.30. The Labute approximate surface area is 262 Å². The van der Waals surface area contributed by atoms with Gasteiger partial charge in [0.15, 0.2) is 5.03 Å². The highest BCUT2D eigenvalue weighted by Gasteiger charge is 2.28. The van der Waals surface area contributed by atoms with Gasteiger partial charge in [0.2, 0.25) is 5.88 Å². The van der Waals surface area contributed by atoms with Crippen LogP contribution in [0.3, 0.4) is 0 Å². The van der Waals surface area contributed by atoms with E-state index in [0.29, 0.717) is 12.5 Å². The molecule has 1 unspecified atom stereocenters. The molecule has 4 aromatic rings. The Bertz CT molecular complexity index is 1730. The molecule has 0 saturated carbocycles. The fourth-order valence-corrected chi connectivity index (χ4v) is 5.48. The van der Waals surface area contributed by atoms with E-state index in [0.717, 1.165) is 21.6 Å². The van der Waals surface area contributed by atoms with E-state index >= 15 is 0 Å². The number of anilines is 1. The Morgan fingerprint density at radius 1 is 0.956 bits per heavy atom. The molecule has 3 heterocycles. The summed E-state index contributed by atoms with van der Waals surface area (Å²) in [5, 5.41) is 9.33. The number of carbonyl (C=O) groups is 2. The number of rotatable bonds is 12. The van der Waals surface area contributed by atoms with Crippen LogP contribution in [0, 0.1) is 0 Å². The SMILES string of the molecule is CCOc1cc(-c2ccc(CC(NS(=O)(=O)c3ccccn3)c3cccc(N(CC(=O)O)C(=O)OC(C)(C)C)n3)cc2)ccn1. The molecular weight excluding hydrogens is 598 g/mol. The minimum absolute atomic E-state index is 0.00989. The average molecular weight is 634 g/mol. The van der Waals surface area contributed by atoms with Gasteiger partial charge in [0.1, 0.15) is 18.0 Å². The number of aromatic nitrogens is 3. The van der Waals surface area contributed by atoms with Crippen molar-refractivity contribution in [2.24, 2.45) is 0 Å². The maximum Gasteiger partial charge on any atom is 0.416 e. The van der Waals surface area contributed by atoms with Crippen LogP contribution in [0.1, 0.15) is 45.0 Å². The number of amides is 1. The third-order valence-corrected chi connectivity index (χ3v) is 7.65. The minimum Gasteiger partial charge on any atom is -0.480 e. The minimum atomic E-state index is -4.10. The van der Waals surface area contributed by atoms with Crippen LogP contribution in [0.5, 0.6) is 5.88 Å². The van der Waals surface area contributed by atoms with Gasteiger partial charge in [0.25, 0.3) is 10.0 Å². The van der Waals surface area contributed by atoms with Gasteiger partial charge in [-0.05, 0) is 81.1 Å². The smallest absolute Gasteiger partial charge is 0.416 e. The maximum atomic E-state index is 13.4. The molecule has 0 aliphatic rings. The van der Waals surface area contributed by atoms with Crippen LogP contribution in [0.25, 0.3) is 11.1 Å². The summed E-state index contributed by atoms with van der Waals surface area (Å²) < 4.78 is 40.4. The van der Waals surface area contributed by atoms with Gasteiger partial charge >= 0.3 is 12.1 Å². The van der Waals surface area contributed by atoms with Gasteiger partial charge in [-0.2, -0.15) is 0 Å². The fraction of sp³-hybridized carbons (Fsp3) is 0.281. The average Bonchev–Trinajstić information content (AvgIpc) is 3.00. The summed E-state index contributed by atoms with van der Waals surface area (Å²) in [6.07, 6.45) is 2.32. The van der Waals surface area contributed by atoms with Gasteiger partial charge < -0.3 is 14.6 Å². The van der Waals surface area contributed by atoms with Crippen LogP contribution >= 0.6 is 0 Å². The number of sulfonamides is 1. The monoisotopic (exact) mass is 633 g/mol. The second-order valence-corrected chi connectivity index (χ2v) is 12.6. The van der Waals surface area contributed by atoms with Gasteiger partial charge in [-0.15, -0.1) is 0 Å². The standard InChI is InChI=1S/C32H35N5O7S/c1-5-43-28-20-24(16-18-33-28)23-14-12-22(13-15-23)19-26(36-45(41,42)29-11-6-7-17-34-29)25-9-8-10-27(35-25)37(21-30(38)39)31(40)44-32(2,3)4/h6-18,20,26,36H,5,19,21H2,1-4H3,(H,38,39). The molecule has 13 heteroatoms. The van der Waals surface area contributed by atoms with E-state index in [2.05, 4.69) is 19.7 Å². The van der Waals surface area contributed by atoms with E-state index in [9.17, 15) is 23.1 Å². The molecule has 1 atom stereocenters. The number of aliphatic carboxylic acids is 1. The van der Waals surface area contributed by atoms with Gasteiger partial charge in [-0.3, -0.25) is 9.69 Å². The van der Waals surface area contributed by atoms with E-state index in [1.54, 1.807) is 51.2 Å². The summed E-state index contributed by atoms with van der Waals surface area (Å²) in [7, 11) is -4.10. The lowest BCUT2D eigenvalue weighted by molar-refractivity contribution is -0.135. The Hall–Kier alpha value is -4.88. The lowest BCUT2D eigenvalue weighted by Crippen LogP contribution is -2.40. The molecule has 0 bridgehead atoms. The summed E-state index contributed by atoms with van der Waals surface area (Å²) in [5.41, 5.74) is 1.97. The molecule has 3 aromatic heterocycles. The number of benzene rings is 1. The lowest BCUT2D eigenvalue weighted by atomic mass is 10.00. The third-order valence-electron chi connectivity index (χ3n) is 6.26. The molecule has 1 amide bonds. The molecule has 2 N–H and O–H groups in total. The Morgan fingerprint density at radius 3 is 2.36 bits per heavy atom. The number of ether oxygens (including phenoxy) is 2. The van der Waals surface area contributed by atoms with Crippen LogP contribution in [-0.2, 0) is 26.0 Å². The molecule has 0 aliphatic carbocycles. The van der Waals surface area contributed by atoms with Crippen LogP contribution < -0.4 is 14.4 Å². The predicted octanol–water partition coefficient (Wildman–Crippen LogP) is 5.03. The van der Waals surface area contributed by atoms with E-state index in [1.807, 2.05) is 43.3 Å². The maximum absolute atomic E-state index is 13.4. The van der Waals surface area contributed by atoms with Gasteiger partial charge in [-0.25, -0.2) is 32.9 Å². The Balaban J connectivity index is 1.69. The van der Waals surface area contributed by atoms with E-state index in [1.165, 1.54) is 18.3 Å². The quantitative estimate of drug-likeness (QED) is 0.217. The summed E-state index contributed by atoms with van der Waals surface area (Å²) in [4.78, 5) is 38.2. The highest BCUT2D eigenvalue weighted by Crippen LogP contribution is 2.27. The molecule has 0 spiro atoms. The van der Waals surface area contributed by atoms with E-state index < -0.39 is 40.3 Å². The van der Waals surface area contributed by atoms with Crippen molar-refractivity contribution in [3.63, 3.8) is 0 Å². The highest BCUT2D eigenvalue weighted by atomic mass is 32.2. The van der Waals surface area contributed by atoms with Crippen molar-refractivity contribution in [1.82, 2.24) is 19.7 Å². The molecule has 236 valence electrons. The number of hydrogen-bond donors (Lipinski definition) is 2. The molecular formula is C32H35N5O7S. The van der Waals surface area contributed by atoms with E-state index in [-0.39, 0.29) is 23.0 Å². The van der Waals surface area contributed by atoms with Crippen LogP contribution in [-0.4, -0.2) is 59.3 Å². The molecule has 1 aromatic carbocycles. The second kappa shape index (κ2) is 14.3. The molecule has 12 nitrogen and oxygen atoms in total. The zero-order chi connectivity index (χ0) is 32.6. The zero-order valence-corrected chi connectivity index (χ0v) is 26.2. The van der Waals surface area contributed by atoms with Crippen molar-refractivity contribution in [3.8, 4) is 17.0 Å². The molecule has 45 heavy (non-hydrogen) atoms. The first-order chi connectivity index (χ1) is 21.3. The number of nitrogens with one attached hydrogen (secondary N) is 1. The Kier molecular flexibility index (Phi) is 10.5. The number of carbonyl (C=O) groups excluding carboxylic acids is 1. The number of pyridine rings is 3. The first-order valence-corrected chi connectivity index (χ1v) is 15.6. The van der Waals surface area contributed by atoms with Crippen molar-refractivity contribution in [2.45, 2.75) is 50.8 Å². The van der Waals surface area contributed by atoms with Gasteiger partial charge in [-0.1, -0.05) is 36.4 Å². The van der Waals surface area contributed by atoms with Crippen LogP contribution in [0.4, 0.5) is 10.6 Å². The predicted molar refractivity (Wildman–Crippen MR) is 167 cm³/mol. The van der Waals surface area contributed by atoms with Gasteiger partial charge in [0.05, 0.1) is 18.3 Å². The summed E-state index contributed by atoms with van der Waals surface area (Å²) in [5.74, 6) is -0.773. The number of carboxylic acids is 1. The van der Waals surface area contributed by atoms with Gasteiger partial charge in [0, 0.05) is 18.5 Å². The zero-order valence-electron chi connectivity index (χ0n) is 25.4. The molecule has 4 rings (SSSR count). The van der Waals surface area contributed by atoms with Crippen LogP contribution in [0.15, 0.2) is 90.2 Å². The van der Waals surface area contributed by atoms with E-state index in [4.69, 9.17) is 9.47 Å². The van der Waals surface area contributed by atoms with Crippen molar-refractivity contribution in [1.29, 1.82) is 0 Å². The molecule has 0 aliphatic heterocycles. The molecule has 0 radical (unpaired) electrons. The van der Waals surface area contributed by atoms with Crippen molar-refractivity contribution in [3.05, 3.63) is 96.4 Å². The number of hydrogen-bond acceptors (Lipinski definition) is 9. The normalized spacial score (nSPS) is 12.3. The number of nitrogens with zero attached hydrogens (tertiary/aromatic N) is 4. The highest BCUT2D eigenvalue weighted by molar-refractivity contribution is 7.89. The summed E-state index contributed by atoms with van der Waals surface area (Å²) in [6, 6.07) is 19.5. The largest absolute Gasteiger partial charge is 0.480 e. The molecule has 0 fully saturated rings. The second-order valence-electron chi connectivity index (χ2n) is 10.9. The fourth-order valence-electron chi connectivity index (χ4n) is 4.32. The Morgan fingerprint density at radius 2 is 1.71 bits per heavy atom. The summed E-state index contributed by atoms with van der Waals surface area (Å²) in [6.45, 7) is 6.65. The number of carboxylic acid groups (broad SMARTS) is 1. The first kappa shape index (κ1) is 33.0. The van der Waals surface area contributed by atoms with Crippen molar-refractivity contribution in [2.75, 3.05) is 18.1 Å². The lowest BCUT2D eigenvalue weighted by Gasteiger charge is -2.26. The molecule has 0 saturated heterocycles. The van der Waals surface area contributed by atoms with Crippen molar-refractivity contribution >= 4 is 27.9 Å².